The maximum Gasteiger partial charge on any atom is 0.188 e. The van der Waals surface area contributed by atoms with Gasteiger partial charge >= 0.3 is 0 Å². The van der Waals surface area contributed by atoms with E-state index in [0.717, 1.165) is 13.0 Å². The summed E-state index contributed by atoms with van der Waals surface area (Å²) in [6.45, 7) is 11.3. The first-order chi connectivity index (χ1) is 5.85. The van der Waals surface area contributed by atoms with E-state index in [1.54, 1.807) is 0 Å². The van der Waals surface area contributed by atoms with E-state index in [1.165, 1.54) is 0 Å². The van der Waals surface area contributed by atoms with Crippen LogP contribution in [0.3, 0.4) is 0 Å². The highest BCUT2D eigenvalue weighted by atomic mass is 15.1. The molecule has 0 saturated carbocycles. The van der Waals surface area contributed by atoms with Gasteiger partial charge in [-0.1, -0.05) is 20.3 Å². The van der Waals surface area contributed by atoms with Gasteiger partial charge < -0.3 is 11.1 Å². The number of nitrogens with one attached hydrogen (secondary N) is 1. The maximum absolute atomic E-state index is 5.70. The van der Waals surface area contributed by atoms with Gasteiger partial charge in [-0.3, -0.25) is 4.99 Å². The fourth-order valence-corrected chi connectivity index (χ4v) is 0.807. The van der Waals surface area contributed by atoms with Crippen molar-refractivity contribution in [3.8, 4) is 0 Å². The molecule has 0 aromatic rings. The van der Waals surface area contributed by atoms with Gasteiger partial charge in [-0.2, -0.15) is 0 Å². The molecule has 3 N–H and O–H groups in total. The molecule has 1 unspecified atom stereocenters. The number of hydrogen-bond acceptors (Lipinski definition) is 1. The predicted molar refractivity (Wildman–Crippen MR) is 58.8 cm³/mol. The number of nitrogens with zero attached hydrogens (tertiary/aromatic N) is 1. The molecule has 1 atom stereocenters. The molecule has 0 amide bonds. The lowest BCUT2D eigenvalue weighted by molar-refractivity contribution is 0.504. The third-order valence-electron chi connectivity index (χ3n) is 1.77. The van der Waals surface area contributed by atoms with Crippen molar-refractivity contribution in [2.75, 3.05) is 6.54 Å². The average Bonchev–Trinajstić information content (AvgIpc) is 1.97. The second kappa shape index (κ2) is 5.10. The van der Waals surface area contributed by atoms with E-state index in [2.05, 4.69) is 44.9 Å². The molecule has 0 aromatic heterocycles. The SMILES string of the molecule is CCC(C)CN=C(N)NC(C)(C)C. The molecule has 0 bridgehead atoms. The van der Waals surface area contributed by atoms with Crippen molar-refractivity contribution in [2.45, 2.75) is 46.6 Å². The number of hydrogen-bond donors (Lipinski definition) is 2. The van der Waals surface area contributed by atoms with Crippen molar-refractivity contribution in [3.63, 3.8) is 0 Å². The molecule has 78 valence electrons. The highest BCUT2D eigenvalue weighted by molar-refractivity contribution is 5.78. The van der Waals surface area contributed by atoms with E-state index in [0.29, 0.717) is 11.9 Å². The summed E-state index contributed by atoms with van der Waals surface area (Å²) in [5.74, 6) is 1.16. The molecule has 3 nitrogen and oxygen atoms in total. The number of rotatable bonds is 3. The summed E-state index contributed by atoms with van der Waals surface area (Å²) < 4.78 is 0. The molecule has 0 heterocycles. The Balaban J connectivity index is 3.89. The smallest absolute Gasteiger partial charge is 0.188 e. The van der Waals surface area contributed by atoms with Gasteiger partial charge in [-0.25, -0.2) is 0 Å². The van der Waals surface area contributed by atoms with Crippen LogP contribution < -0.4 is 11.1 Å². The number of guanidine groups is 1. The standard InChI is InChI=1S/C10H23N3/c1-6-8(2)7-12-9(11)13-10(3,4)5/h8H,6-7H2,1-5H3,(H3,11,12,13). The van der Waals surface area contributed by atoms with Crippen molar-refractivity contribution in [1.82, 2.24) is 5.32 Å². The van der Waals surface area contributed by atoms with Gasteiger partial charge in [-0.15, -0.1) is 0 Å². The minimum absolute atomic E-state index is 0.00301. The largest absolute Gasteiger partial charge is 0.370 e. The molecule has 0 saturated heterocycles. The Morgan fingerprint density at radius 3 is 2.38 bits per heavy atom. The van der Waals surface area contributed by atoms with Crippen LogP contribution in [0.25, 0.3) is 0 Å². The molecule has 0 spiro atoms. The molecule has 3 heteroatoms. The molecule has 0 radical (unpaired) electrons. The molecule has 13 heavy (non-hydrogen) atoms. The Bertz CT molecular complexity index is 167. The zero-order chi connectivity index (χ0) is 10.5. The maximum atomic E-state index is 5.70. The van der Waals surface area contributed by atoms with Crippen LogP contribution in [0.15, 0.2) is 4.99 Å². The summed E-state index contributed by atoms with van der Waals surface area (Å²) >= 11 is 0. The first-order valence-electron chi connectivity index (χ1n) is 4.93. The van der Waals surface area contributed by atoms with Gasteiger partial charge in [0.25, 0.3) is 0 Å². The van der Waals surface area contributed by atoms with Crippen LogP contribution in [0, 0.1) is 5.92 Å². The van der Waals surface area contributed by atoms with Crippen LogP contribution in [0.2, 0.25) is 0 Å². The van der Waals surface area contributed by atoms with Crippen molar-refractivity contribution >= 4 is 5.96 Å². The second-order valence-electron chi connectivity index (χ2n) is 4.61. The summed E-state index contributed by atoms with van der Waals surface area (Å²) in [5.41, 5.74) is 5.70. The fraction of sp³-hybridized carbons (Fsp3) is 0.900. The molecular formula is C10H23N3. The lowest BCUT2D eigenvalue weighted by atomic mass is 10.1. The van der Waals surface area contributed by atoms with E-state index in [-0.39, 0.29) is 5.54 Å². The van der Waals surface area contributed by atoms with E-state index in [1.807, 2.05) is 0 Å². The van der Waals surface area contributed by atoms with E-state index >= 15 is 0 Å². The summed E-state index contributed by atoms with van der Waals surface area (Å²) in [6, 6.07) is 0. The zero-order valence-corrected chi connectivity index (χ0v) is 9.52. The van der Waals surface area contributed by atoms with Crippen LogP contribution in [0.5, 0.6) is 0 Å². The van der Waals surface area contributed by atoms with E-state index in [4.69, 9.17) is 5.73 Å². The van der Waals surface area contributed by atoms with Crippen molar-refractivity contribution in [3.05, 3.63) is 0 Å². The highest BCUT2D eigenvalue weighted by Gasteiger charge is 2.09. The Hall–Kier alpha value is -0.730. The first kappa shape index (κ1) is 12.3. The van der Waals surface area contributed by atoms with Crippen LogP contribution in [-0.2, 0) is 0 Å². The van der Waals surface area contributed by atoms with Gasteiger partial charge in [0.05, 0.1) is 0 Å². The minimum atomic E-state index is 0.00301. The van der Waals surface area contributed by atoms with Gasteiger partial charge in [0.15, 0.2) is 5.96 Å². The minimum Gasteiger partial charge on any atom is -0.370 e. The molecule has 0 aliphatic carbocycles. The average molecular weight is 185 g/mol. The number of nitrogens with two attached hydrogens (primary N) is 1. The normalized spacial score (nSPS) is 15.6. The monoisotopic (exact) mass is 185 g/mol. The Labute approximate surface area is 81.8 Å². The first-order valence-corrected chi connectivity index (χ1v) is 4.93. The van der Waals surface area contributed by atoms with Crippen LogP contribution >= 0.6 is 0 Å². The van der Waals surface area contributed by atoms with Crippen LogP contribution in [0.4, 0.5) is 0 Å². The third kappa shape index (κ3) is 7.62. The van der Waals surface area contributed by atoms with E-state index in [9.17, 15) is 0 Å². The predicted octanol–water partition coefficient (Wildman–Crippen LogP) is 1.74. The van der Waals surface area contributed by atoms with Gasteiger partial charge in [0.2, 0.25) is 0 Å². The van der Waals surface area contributed by atoms with Crippen molar-refractivity contribution in [1.29, 1.82) is 0 Å². The van der Waals surface area contributed by atoms with Gasteiger partial charge in [-0.05, 0) is 26.7 Å². The van der Waals surface area contributed by atoms with E-state index < -0.39 is 0 Å². The summed E-state index contributed by atoms with van der Waals surface area (Å²) in [7, 11) is 0. The molecule has 0 aliphatic rings. The Kier molecular flexibility index (Phi) is 4.81. The third-order valence-corrected chi connectivity index (χ3v) is 1.77. The Morgan fingerprint density at radius 1 is 1.46 bits per heavy atom. The van der Waals surface area contributed by atoms with Gasteiger partial charge in [0, 0.05) is 12.1 Å². The summed E-state index contributed by atoms with van der Waals surface area (Å²) in [6.07, 6.45) is 1.15. The van der Waals surface area contributed by atoms with Crippen LogP contribution in [0.1, 0.15) is 41.0 Å². The summed E-state index contributed by atoms with van der Waals surface area (Å²) in [5, 5.41) is 3.13. The number of aliphatic imine (C=N–C) groups is 1. The summed E-state index contributed by atoms with van der Waals surface area (Å²) in [4.78, 5) is 4.26. The van der Waals surface area contributed by atoms with Gasteiger partial charge in [0.1, 0.15) is 0 Å². The van der Waals surface area contributed by atoms with Crippen molar-refractivity contribution < 1.29 is 0 Å². The topological polar surface area (TPSA) is 50.4 Å². The highest BCUT2D eigenvalue weighted by Crippen LogP contribution is 2.01. The zero-order valence-electron chi connectivity index (χ0n) is 9.52. The Morgan fingerprint density at radius 2 is 2.00 bits per heavy atom. The second-order valence-corrected chi connectivity index (χ2v) is 4.61. The van der Waals surface area contributed by atoms with Crippen molar-refractivity contribution in [2.24, 2.45) is 16.6 Å². The quantitative estimate of drug-likeness (QED) is 0.520. The van der Waals surface area contributed by atoms with Crippen LogP contribution in [-0.4, -0.2) is 18.0 Å². The molecule has 0 rings (SSSR count). The fourth-order valence-electron chi connectivity index (χ4n) is 0.807. The lowest BCUT2D eigenvalue weighted by Crippen LogP contribution is -2.45. The molecule has 0 aliphatic heterocycles. The lowest BCUT2D eigenvalue weighted by Gasteiger charge is -2.21. The molecular weight excluding hydrogens is 162 g/mol. The molecule has 0 aromatic carbocycles. The molecule has 0 fully saturated rings.